The summed E-state index contributed by atoms with van der Waals surface area (Å²) in [4.78, 5) is 36.2. The topological polar surface area (TPSA) is 92.6 Å². The van der Waals surface area contributed by atoms with Crippen LogP contribution in [0.2, 0.25) is 5.02 Å². The zero-order valence-corrected chi connectivity index (χ0v) is 14.9. The number of amides is 2. The molecule has 2 aromatic rings. The van der Waals surface area contributed by atoms with E-state index in [2.05, 4.69) is 5.32 Å². The van der Waals surface area contributed by atoms with Crippen LogP contribution < -0.4 is 5.32 Å². The minimum Gasteiger partial charge on any atom is -0.343 e. The van der Waals surface area contributed by atoms with E-state index in [4.69, 9.17) is 11.6 Å². The van der Waals surface area contributed by atoms with Gasteiger partial charge in [-0.05, 0) is 30.7 Å². The molecule has 0 atom stereocenters. The summed E-state index contributed by atoms with van der Waals surface area (Å²) in [5.74, 6) is -0.799. The summed E-state index contributed by atoms with van der Waals surface area (Å²) >= 11 is 5.95. The molecule has 1 N–H and O–H groups in total. The molecule has 0 saturated heterocycles. The van der Waals surface area contributed by atoms with E-state index in [0.717, 1.165) is 5.56 Å². The molecule has 0 aliphatic rings. The van der Waals surface area contributed by atoms with Crippen molar-refractivity contribution in [3.63, 3.8) is 0 Å². The zero-order chi connectivity index (χ0) is 19.1. The molecule has 0 aliphatic heterocycles. The van der Waals surface area contributed by atoms with Gasteiger partial charge in [0.05, 0.1) is 11.5 Å². The van der Waals surface area contributed by atoms with E-state index < -0.39 is 10.8 Å². The Hall–Kier alpha value is -2.93. The number of likely N-dealkylation sites (N-methyl/N-ethyl adjacent to an activating group) is 1. The Balaban J connectivity index is 1.96. The molecule has 26 heavy (non-hydrogen) atoms. The molecule has 7 nitrogen and oxygen atoms in total. The number of hydrogen-bond donors (Lipinski definition) is 1. The summed E-state index contributed by atoms with van der Waals surface area (Å²) < 4.78 is 0. The summed E-state index contributed by atoms with van der Waals surface area (Å²) in [5.41, 5.74) is 0.836. The minimum absolute atomic E-state index is 0.130. The van der Waals surface area contributed by atoms with E-state index in [1.165, 1.54) is 24.3 Å². The van der Waals surface area contributed by atoms with Crippen molar-refractivity contribution in [1.29, 1.82) is 0 Å². The van der Waals surface area contributed by atoms with Gasteiger partial charge in [0.25, 0.3) is 11.6 Å². The van der Waals surface area contributed by atoms with Crippen LogP contribution in [0.4, 0.5) is 5.69 Å². The number of non-ortho nitro benzene ring substituents is 1. The van der Waals surface area contributed by atoms with Crippen molar-refractivity contribution in [2.45, 2.75) is 13.5 Å². The monoisotopic (exact) mass is 375 g/mol. The van der Waals surface area contributed by atoms with Gasteiger partial charge in [-0.2, -0.15) is 0 Å². The first kappa shape index (κ1) is 19.4. The van der Waals surface area contributed by atoms with Crippen LogP contribution in [-0.2, 0) is 11.3 Å². The number of nitrogens with one attached hydrogen (secondary N) is 1. The number of halogens is 1. The van der Waals surface area contributed by atoms with Crippen molar-refractivity contribution in [2.75, 3.05) is 13.1 Å². The van der Waals surface area contributed by atoms with Crippen LogP contribution in [0, 0.1) is 10.1 Å². The second-order valence-electron chi connectivity index (χ2n) is 5.53. The Labute approximate surface area is 155 Å². The third-order valence-electron chi connectivity index (χ3n) is 3.72. The largest absolute Gasteiger partial charge is 0.343 e. The molecule has 0 heterocycles. The van der Waals surface area contributed by atoms with E-state index in [9.17, 15) is 19.7 Å². The van der Waals surface area contributed by atoms with Crippen molar-refractivity contribution < 1.29 is 14.5 Å². The highest BCUT2D eigenvalue weighted by atomic mass is 35.5. The Morgan fingerprint density at radius 3 is 2.58 bits per heavy atom. The van der Waals surface area contributed by atoms with Crippen molar-refractivity contribution >= 4 is 29.1 Å². The van der Waals surface area contributed by atoms with Crippen LogP contribution in [0.1, 0.15) is 22.8 Å². The first-order valence-corrected chi connectivity index (χ1v) is 8.33. The Morgan fingerprint density at radius 1 is 1.19 bits per heavy atom. The quantitative estimate of drug-likeness (QED) is 0.594. The van der Waals surface area contributed by atoms with Crippen LogP contribution >= 0.6 is 11.6 Å². The number of hydrogen-bond acceptors (Lipinski definition) is 4. The summed E-state index contributed by atoms with van der Waals surface area (Å²) in [5, 5.41) is 13.9. The molecule has 2 amide bonds. The van der Waals surface area contributed by atoms with Crippen LogP contribution in [0.5, 0.6) is 0 Å². The van der Waals surface area contributed by atoms with Gasteiger partial charge in [-0.25, -0.2) is 0 Å². The fourth-order valence-electron chi connectivity index (χ4n) is 2.36. The Bertz CT molecular complexity index is 826. The molecule has 0 unspecified atom stereocenters. The number of benzene rings is 2. The number of carbonyl (C=O) groups excluding carboxylic acids is 2. The molecule has 0 saturated carbocycles. The van der Waals surface area contributed by atoms with Gasteiger partial charge in [0, 0.05) is 35.8 Å². The molecule has 0 bridgehead atoms. The molecule has 0 radical (unpaired) electrons. The lowest BCUT2D eigenvalue weighted by Gasteiger charge is -2.21. The fraction of sp³-hybridized carbons (Fsp3) is 0.222. The lowest BCUT2D eigenvalue weighted by molar-refractivity contribution is -0.384. The maximum absolute atomic E-state index is 12.3. The van der Waals surface area contributed by atoms with Gasteiger partial charge in [0.15, 0.2) is 0 Å². The summed E-state index contributed by atoms with van der Waals surface area (Å²) in [6.07, 6.45) is 0. The Morgan fingerprint density at radius 2 is 1.92 bits per heavy atom. The van der Waals surface area contributed by atoms with Gasteiger partial charge < -0.3 is 10.2 Å². The normalized spacial score (nSPS) is 10.2. The van der Waals surface area contributed by atoms with Crippen LogP contribution in [-0.4, -0.2) is 34.7 Å². The number of nitrogens with zero attached hydrogens (tertiary/aromatic N) is 2. The van der Waals surface area contributed by atoms with Crippen molar-refractivity contribution in [1.82, 2.24) is 10.2 Å². The number of nitro groups is 1. The molecule has 0 spiro atoms. The summed E-state index contributed by atoms with van der Waals surface area (Å²) in [6.45, 7) is 2.49. The first-order chi connectivity index (χ1) is 12.4. The van der Waals surface area contributed by atoms with Gasteiger partial charge in [-0.1, -0.05) is 29.8 Å². The standard InChI is InChI=1S/C18H18ClN3O4/c1-2-21(12-13-5-3-7-15(19)9-13)17(23)11-20-18(24)14-6-4-8-16(10-14)22(25)26/h3-10H,2,11-12H2,1H3,(H,20,24). The van der Waals surface area contributed by atoms with Gasteiger partial charge in [0.1, 0.15) is 0 Å². The summed E-state index contributed by atoms with van der Waals surface area (Å²) in [6, 6.07) is 12.5. The summed E-state index contributed by atoms with van der Waals surface area (Å²) in [7, 11) is 0. The minimum atomic E-state index is -0.578. The fourth-order valence-corrected chi connectivity index (χ4v) is 2.58. The molecule has 0 aromatic heterocycles. The maximum atomic E-state index is 12.3. The Kier molecular flexibility index (Phi) is 6.68. The number of rotatable bonds is 7. The number of carbonyl (C=O) groups is 2. The van der Waals surface area contributed by atoms with Crippen LogP contribution in [0.3, 0.4) is 0 Å². The zero-order valence-electron chi connectivity index (χ0n) is 14.1. The van der Waals surface area contributed by atoms with Gasteiger partial charge in [-0.15, -0.1) is 0 Å². The van der Waals surface area contributed by atoms with E-state index in [1.807, 2.05) is 13.0 Å². The highest BCUT2D eigenvalue weighted by Crippen LogP contribution is 2.14. The maximum Gasteiger partial charge on any atom is 0.270 e. The average molecular weight is 376 g/mol. The predicted molar refractivity (Wildman–Crippen MR) is 98.0 cm³/mol. The highest BCUT2D eigenvalue weighted by molar-refractivity contribution is 6.30. The lowest BCUT2D eigenvalue weighted by atomic mass is 10.2. The van der Waals surface area contributed by atoms with Crippen molar-refractivity contribution in [3.8, 4) is 0 Å². The number of nitro benzene ring substituents is 1. The van der Waals surface area contributed by atoms with Crippen LogP contribution in [0.25, 0.3) is 0 Å². The molecule has 8 heteroatoms. The molecule has 136 valence electrons. The second kappa shape index (κ2) is 8.96. The van der Waals surface area contributed by atoms with E-state index >= 15 is 0 Å². The molecule has 0 fully saturated rings. The van der Waals surface area contributed by atoms with Gasteiger partial charge in [0.2, 0.25) is 5.91 Å². The molecule has 2 aromatic carbocycles. The smallest absolute Gasteiger partial charge is 0.270 e. The highest BCUT2D eigenvalue weighted by Gasteiger charge is 2.16. The first-order valence-electron chi connectivity index (χ1n) is 7.95. The van der Waals surface area contributed by atoms with Crippen molar-refractivity contribution in [2.24, 2.45) is 0 Å². The molecular formula is C18H18ClN3O4. The molecule has 2 rings (SSSR count). The van der Waals surface area contributed by atoms with Crippen LogP contribution in [0.15, 0.2) is 48.5 Å². The van der Waals surface area contributed by atoms with Gasteiger partial charge >= 0.3 is 0 Å². The van der Waals surface area contributed by atoms with Gasteiger partial charge in [-0.3, -0.25) is 19.7 Å². The second-order valence-corrected chi connectivity index (χ2v) is 5.96. The lowest BCUT2D eigenvalue weighted by Crippen LogP contribution is -2.39. The predicted octanol–water partition coefficient (Wildman–Crippen LogP) is 3.03. The van der Waals surface area contributed by atoms with E-state index in [-0.39, 0.29) is 23.7 Å². The molecule has 0 aliphatic carbocycles. The van der Waals surface area contributed by atoms with E-state index in [0.29, 0.717) is 18.1 Å². The SMILES string of the molecule is CCN(Cc1cccc(Cl)c1)C(=O)CNC(=O)c1cccc([N+](=O)[O-])c1. The van der Waals surface area contributed by atoms with Crippen molar-refractivity contribution in [3.05, 3.63) is 74.8 Å². The third-order valence-corrected chi connectivity index (χ3v) is 3.95. The van der Waals surface area contributed by atoms with E-state index in [1.54, 1.807) is 23.1 Å². The molecular weight excluding hydrogens is 358 g/mol. The third kappa shape index (κ3) is 5.29. The average Bonchev–Trinajstić information content (AvgIpc) is 2.64.